The molecular weight excluding hydrogens is 214 g/mol. The predicted octanol–water partition coefficient (Wildman–Crippen LogP) is 2.78. The van der Waals surface area contributed by atoms with Crippen LogP contribution < -0.4 is 5.73 Å². The molecule has 0 saturated carbocycles. The molecule has 4 nitrogen and oxygen atoms in total. The minimum absolute atomic E-state index is 0.547. The number of hydrogen-bond acceptors (Lipinski definition) is 4. The van der Waals surface area contributed by atoms with Crippen molar-refractivity contribution in [3.05, 3.63) is 42.1 Å². The zero-order valence-electron chi connectivity index (χ0n) is 9.34. The summed E-state index contributed by atoms with van der Waals surface area (Å²) < 4.78 is 5.59. The number of oxazole rings is 1. The second-order valence-corrected chi connectivity index (χ2v) is 3.98. The van der Waals surface area contributed by atoms with Crippen molar-refractivity contribution in [2.45, 2.75) is 6.92 Å². The summed E-state index contributed by atoms with van der Waals surface area (Å²) in [6, 6.07) is 9.39. The third-order valence-corrected chi connectivity index (χ3v) is 2.52. The van der Waals surface area contributed by atoms with Crippen LogP contribution in [0.1, 0.15) is 5.56 Å². The van der Waals surface area contributed by atoms with Gasteiger partial charge in [0, 0.05) is 17.4 Å². The van der Waals surface area contributed by atoms with Gasteiger partial charge in [0.15, 0.2) is 0 Å². The molecule has 3 aromatic rings. The molecule has 0 fully saturated rings. The Bertz CT molecular complexity index is 688. The highest BCUT2D eigenvalue weighted by Gasteiger charge is 2.09. The molecule has 0 saturated heterocycles. The summed E-state index contributed by atoms with van der Waals surface area (Å²) in [5.74, 6) is 0.547. The highest BCUT2D eigenvalue weighted by molar-refractivity contribution is 5.73. The van der Waals surface area contributed by atoms with Crippen molar-refractivity contribution >= 4 is 16.9 Å². The molecule has 17 heavy (non-hydrogen) atoms. The van der Waals surface area contributed by atoms with Gasteiger partial charge in [-0.2, -0.15) is 0 Å². The van der Waals surface area contributed by atoms with Crippen LogP contribution in [0.25, 0.3) is 22.7 Å². The first-order valence-electron chi connectivity index (χ1n) is 5.31. The van der Waals surface area contributed by atoms with E-state index >= 15 is 0 Å². The maximum atomic E-state index is 5.73. The summed E-state index contributed by atoms with van der Waals surface area (Å²) in [5, 5.41) is 0. The van der Waals surface area contributed by atoms with Crippen molar-refractivity contribution in [3.63, 3.8) is 0 Å². The van der Waals surface area contributed by atoms with Crippen LogP contribution in [-0.2, 0) is 0 Å². The Labute approximate surface area is 98.1 Å². The molecule has 0 unspecified atom stereocenters. The van der Waals surface area contributed by atoms with E-state index in [1.54, 1.807) is 6.20 Å². The van der Waals surface area contributed by atoms with Crippen LogP contribution in [0.15, 0.2) is 40.9 Å². The van der Waals surface area contributed by atoms with Gasteiger partial charge in [-0.1, -0.05) is 6.07 Å². The smallest absolute Gasteiger partial charge is 0.247 e. The number of nitrogens with two attached hydrogens (primary N) is 1. The number of aromatic nitrogens is 2. The summed E-state index contributed by atoms with van der Waals surface area (Å²) in [7, 11) is 0. The third-order valence-electron chi connectivity index (χ3n) is 2.52. The van der Waals surface area contributed by atoms with Gasteiger partial charge in [-0.15, -0.1) is 0 Å². The summed E-state index contributed by atoms with van der Waals surface area (Å²) in [4.78, 5) is 8.59. The van der Waals surface area contributed by atoms with Crippen molar-refractivity contribution in [1.82, 2.24) is 9.97 Å². The number of anilines is 1. The molecule has 1 aromatic carbocycles. The number of aryl methyl sites for hydroxylation is 1. The van der Waals surface area contributed by atoms with E-state index in [1.807, 2.05) is 37.3 Å². The first-order valence-corrected chi connectivity index (χ1v) is 5.31. The molecule has 2 N–H and O–H groups in total. The van der Waals surface area contributed by atoms with Gasteiger partial charge in [0.1, 0.15) is 5.52 Å². The molecule has 0 amide bonds. The lowest BCUT2D eigenvalue weighted by atomic mass is 10.2. The van der Waals surface area contributed by atoms with Gasteiger partial charge >= 0.3 is 0 Å². The van der Waals surface area contributed by atoms with Gasteiger partial charge in [-0.25, -0.2) is 9.97 Å². The molecule has 0 radical (unpaired) electrons. The van der Waals surface area contributed by atoms with Crippen molar-refractivity contribution in [3.8, 4) is 11.5 Å². The molecule has 0 aliphatic rings. The van der Waals surface area contributed by atoms with Gasteiger partial charge < -0.3 is 10.2 Å². The average molecular weight is 225 g/mol. The van der Waals surface area contributed by atoms with Gasteiger partial charge in [0.05, 0.1) is 0 Å². The van der Waals surface area contributed by atoms with E-state index in [4.69, 9.17) is 10.2 Å². The molecule has 0 aliphatic heterocycles. The summed E-state index contributed by atoms with van der Waals surface area (Å²) >= 11 is 0. The Morgan fingerprint density at radius 3 is 2.94 bits per heavy atom. The fraction of sp³-hybridized carbons (Fsp3) is 0.0769. The highest BCUT2D eigenvalue weighted by atomic mass is 16.4. The second kappa shape index (κ2) is 3.59. The van der Waals surface area contributed by atoms with Crippen molar-refractivity contribution in [1.29, 1.82) is 0 Å². The fourth-order valence-electron chi connectivity index (χ4n) is 1.72. The lowest BCUT2D eigenvalue weighted by Crippen LogP contribution is -1.84. The second-order valence-electron chi connectivity index (χ2n) is 3.98. The summed E-state index contributed by atoms with van der Waals surface area (Å²) in [6.07, 6.45) is 1.76. The van der Waals surface area contributed by atoms with Crippen LogP contribution >= 0.6 is 0 Å². The third kappa shape index (κ3) is 1.73. The van der Waals surface area contributed by atoms with Crippen LogP contribution in [0.3, 0.4) is 0 Å². The van der Waals surface area contributed by atoms with Crippen molar-refractivity contribution in [2.24, 2.45) is 0 Å². The minimum atomic E-state index is 0.547. The van der Waals surface area contributed by atoms with Crippen LogP contribution in [-0.4, -0.2) is 9.97 Å². The topological polar surface area (TPSA) is 64.9 Å². The zero-order chi connectivity index (χ0) is 11.8. The number of benzene rings is 1. The number of rotatable bonds is 1. The monoisotopic (exact) mass is 225 g/mol. The normalized spacial score (nSPS) is 10.9. The number of nitrogen functional groups attached to an aromatic ring is 1. The van der Waals surface area contributed by atoms with Crippen LogP contribution in [0, 0.1) is 6.92 Å². The Hall–Kier alpha value is -2.36. The lowest BCUT2D eigenvalue weighted by molar-refractivity contribution is 0.608. The molecule has 0 aliphatic carbocycles. The van der Waals surface area contributed by atoms with Crippen molar-refractivity contribution in [2.75, 3.05) is 5.73 Å². The van der Waals surface area contributed by atoms with E-state index in [-0.39, 0.29) is 0 Å². The van der Waals surface area contributed by atoms with E-state index in [0.717, 1.165) is 16.6 Å². The van der Waals surface area contributed by atoms with Crippen LogP contribution in [0.4, 0.5) is 5.69 Å². The predicted molar refractivity (Wildman–Crippen MR) is 66.4 cm³/mol. The van der Waals surface area contributed by atoms with Gasteiger partial charge in [-0.3, -0.25) is 0 Å². The molecule has 0 atom stereocenters. The molecule has 0 spiro atoms. The maximum absolute atomic E-state index is 5.73. The Kier molecular flexibility index (Phi) is 2.08. The summed E-state index contributed by atoms with van der Waals surface area (Å²) in [6.45, 7) is 1.97. The van der Waals surface area contributed by atoms with Gasteiger partial charge in [0.2, 0.25) is 11.6 Å². The minimum Gasteiger partial charge on any atom is -0.418 e. The van der Waals surface area contributed by atoms with Crippen LogP contribution in [0.5, 0.6) is 0 Å². The van der Waals surface area contributed by atoms with E-state index in [2.05, 4.69) is 9.97 Å². The van der Waals surface area contributed by atoms with E-state index in [1.165, 1.54) is 0 Å². The SMILES string of the molecule is Cc1cnc2oc(-c3cccc(N)c3)nc2c1. The maximum Gasteiger partial charge on any atom is 0.247 e. The van der Waals surface area contributed by atoms with E-state index in [0.29, 0.717) is 17.3 Å². The van der Waals surface area contributed by atoms with E-state index in [9.17, 15) is 0 Å². The summed E-state index contributed by atoms with van der Waals surface area (Å²) in [5.41, 5.74) is 9.66. The quantitative estimate of drug-likeness (QED) is 0.647. The fourth-order valence-corrected chi connectivity index (χ4v) is 1.72. The average Bonchev–Trinajstić information content (AvgIpc) is 2.72. The van der Waals surface area contributed by atoms with Crippen LogP contribution in [0.2, 0.25) is 0 Å². The first-order chi connectivity index (χ1) is 8.22. The molecule has 3 rings (SSSR count). The first kappa shape index (κ1) is 9.84. The molecule has 2 heterocycles. The molecule has 0 bridgehead atoms. The number of fused-ring (bicyclic) bond motifs is 1. The molecule has 4 heteroatoms. The number of nitrogens with zero attached hydrogens (tertiary/aromatic N) is 2. The number of pyridine rings is 1. The molecular formula is C13H11N3O. The Morgan fingerprint density at radius 2 is 2.12 bits per heavy atom. The van der Waals surface area contributed by atoms with E-state index < -0.39 is 0 Å². The largest absolute Gasteiger partial charge is 0.418 e. The Morgan fingerprint density at radius 1 is 1.24 bits per heavy atom. The zero-order valence-corrected chi connectivity index (χ0v) is 9.34. The van der Waals surface area contributed by atoms with Gasteiger partial charge in [0.25, 0.3) is 0 Å². The lowest BCUT2D eigenvalue weighted by Gasteiger charge is -1.95. The number of hydrogen-bond donors (Lipinski definition) is 1. The molecule has 2 aromatic heterocycles. The Balaban J connectivity index is 2.18. The molecule has 84 valence electrons. The highest BCUT2D eigenvalue weighted by Crippen LogP contribution is 2.24. The van der Waals surface area contributed by atoms with Gasteiger partial charge in [-0.05, 0) is 36.8 Å². The van der Waals surface area contributed by atoms with Crippen molar-refractivity contribution < 1.29 is 4.42 Å². The standard InChI is InChI=1S/C13H11N3O/c1-8-5-11-13(15-7-8)17-12(16-11)9-3-2-4-10(14)6-9/h2-7H,14H2,1H3.